The Balaban J connectivity index is 1.55. The van der Waals surface area contributed by atoms with Gasteiger partial charge in [-0.1, -0.05) is 18.2 Å². The minimum Gasteiger partial charge on any atom is -0.389 e. The average molecular weight is 456 g/mol. The number of halogens is 1. The molecule has 1 aliphatic rings. The van der Waals surface area contributed by atoms with Gasteiger partial charge in [0, 0.05) is 40.7 Å². The van der Waals surface area contributed by atoms with Crippen molar-refractivity contribution in [3.8, 4) is 28.3 Å². The molecule has 0 aliphatic heterocycles. The van der Waals surface area contributed by atoms with Crippen molar-refractivity contribution in [2.24, 2.45) is 5.92 Å². The molecule has 0 bridgehead atoms. The quantitative estimate of drug-likeness (QED) is 0.403. The summed E-state index contributed by atoms with van der Waals surface area (Å²) in [6.45, 7) is 3.73. The van der Waals surface area contributed by atoms with Crippen LogP contribution in [0.25, 0.3) is 38.9 Å². The number of allylic oxidation sites excluding steroid dienone is 2. The monoisotopic (exact) mass is 455 g/mol. The van der Waals surface area contributed by atoms with Gasteiger partial charge >= 0.3 is 0 Å². The molecule has 4 aromatic rings. The highest BCUT2D eigenvalue weighted by atomic mass is 19.1. The van der Waals surface area contributed by atoms with Crippen LogP contribution in [0.3, 0.4) is 0 Å². The lowest BCUT2D eigenvalue weighted by atomic mass is 9.84. The number of hydrogen-bond acceptors (Lipinski definition) is 4. The summed E-state index contributed by atoms with van der Waals surface area (Å²) in [5.74, 6) is -0.299. The van der Waals surface area contributed by atoms with E-state index in [4.69, 9.17) is 0 Å². The Morgan fingerprint density at radius 1 is 1.24 bits per heavy atom. The topological polar surface area (TPSA) is 90.5 Å². The van der Waals surface area contributed by atoms with Gasteiger partial charge < -0.3 is 10.1 Å². The number of H-pyrrole nitrogens is 1. The van der Waals surface area contributed by atoms with E-state index < -0.39 is 5.60 Å². The van der Waals surface area contributed by atoms with Crippen molar-refractivity contribution >= 4 is 16.6 Å². The van der Waals surface area contributed by atoms with Crippen molar-refractivity contribution in [1.29, 1.82) is 5.26 Å². The molecule has 3 aromatic heterocycles. The number of aliphatic hydroxyl groups is 1. The number of aromatic nitrogens is 4. The molecule has 3 heterocycles. The van der Waals surface area contributed by atoms with Gasteiger partial charge in [-0.15, -0.1) is 0 Å². The van der Waals surface area contributed by atoms with Crippen LogP contribution in [-0.4, -0.2) is 30.5 Å². The third-order valence-corrected chi connectivity index (χ3v) is 6.27. The first kappa shape index (κ1) is 22.1. The highest BCUT2D eigenvalue weighted by Crippen LogP contribution is 2.40. The second kappa shape index (κ2) is 8.54. The summed E-state index contributed by atoms with van der Waals surface area (Å²) in [5, 5.41) is 24.6. The Bertz CT molecular complexity index is 1430. The largest absolute Gasteiger partial charge is 0.389 e. The van der Waals surface area contributed by atoms with Crippen LogP contribution in [0.1, 0.15) is 38.7 Å². The van der Waals surface area contributed by atoms with Gasteiger partial charge in [-0.05, 0) is 61.9 Å². The maximum absolute atomic E-state index is 15.3. The SMILES string of the molecule is CC(C)(O)Cn1cc(-c2ccc(-c3cnc4[nH]ccc4c3C3=CCC(C#N)CC3)cc2F)cn1. The zero-order chi connectivity index (χ0) is 23.9. The molecule has 172 valence electrons. The number of aromatic amines is 1. The van der Waals surface area contributed by atoms with E-state index in [1.54, 1.807) is 49.3 Å². The molecule has 1 atom stereocenters. The number of benzene rings is 1. The number of pyridine rings is 1. The van der Waals surface area contributed by atoms with Crippen LogP contribution >= 0.6 is 0 Å². The molecule has 0 radical (unpaired) electrons. The first-order valence-corrected chi connectivity index (χ1v) is 11.4. The highest BCUT2D eigenvalue weighted by Gasteiger charge is 2.21. The van der Waals surface area contributed by atoms with Crippen LogP contribution in [0, 0.1) is 23.1 Å². The first-order chi connectivity index (χ1) is 16.3. The minimum absolute atomic E-state index is 0.0461. The van der Waals surface area contributed by atoms with Crippen LogP contribution in [0.5, 0.6) is 0 Å². The van der Waals surface area contributed by atoms with Gasteiger partial charge in [0.2, 0.25) is 0 Å². The maximum Gasteiger partial charge on any atom is 0.137 e. The Hall–Kier alpha value is -3.76. The van der Waals surface area contributed by atoms with Gasteiger partial charge in [-0.25, -0.2) is 9.37 Å². The van der Waals surface area contributed by atoms with E-state index in [0.717, 1.165) is 47.0 Å². The van der Waals surface area contributed by atoms with E-state index in [2.05, 4.69) is 27.2 Å². The number of hydrogen-bond donors (Lipinski definition) is 2. The molecule has 1 unspecified atom stereocenters. The van der Waals surface area contributed by atoms with E-state index in [1.807, 2.05) is 18.3 Å². The second-order valence-electron chi connectivity index (χ2n) is 9.55. The van der Waals surface area contributed by atoms with Gasteiger partial charge in [0.05, 0.1) is 30.3 Å². The average Bonchev–Trinajstić information content (AvgIpc) is 3.47. The number of nitrogens with one attached hydrogen (secondary N) is 1. The molecule has 5 rings (SSSR count). The zero-order valence-corrected chi connectivity index (χ0v) is 19.2. The standard InChI is InChI=1S/C27H26FN5O/c1-27(2,34)16-33-15-20(13-32-33)21-8-7-19(11-24(21)28)23-14-31-26-22(9-10-30-26)25(23)18-5-3-17(12-29)4-6-18/h5,7-11,13-15,17,34H,3-4,6,16H2,1-2H3,(H,30,31). The fourth-order valence-electron chi connectivity index (χ4n) is 4.65. The molecule has 0 saturated heterocycles. The molecule has 0 saturated carbocycles. The third-order valence-electron chi connectivity index (χ3n) is 6.27. The molecular weight excluding hydrogens is 429 g/mol. The molecule has 34 heavy (non-hydrogen) atoms. The van der Waals surface area contributed by atoms with Crippen molar-refractivity contribution in [3.05, 3.63) is 66.5 Å². The lowest BCUT2D eigenvalue weighted by Crippen LogP contribution is -2.26. The number of rotatable bonds is 5. The van der Waals surface area contributed by atoms with E-state index in [0.29, 0.717) is 17.7 Å². The smallest absolute Gasteiger partial charge is 0.137 e. The highest BCUT2D eigenvalue weighted by molar-refractivity contribution is 5.97. The molecule has 0 fully saturated rings. The minimum atomic E-state index is -0.910. The molecule has 0 spiro atoms. The maximum atomic E-state index is 15.3. The van der Waals surface area contributed by atoms with E-state index in [-0.39, 0.29) is 11.7 Å². The predicted octanol–water partition coefficient (Wildman–Crippen LogP) is 5.71. The molecular formula is C27H26FN5O. The summed E-state index contributed by atoms with van der Waals surface area (Å²) in [5.41, 5.74) is 4.84. The van der Waals surface area contributed by atoms with E-state index in [9.17, 15) is 10.4 Å². The van der Waals surface area contributed by atoms with Gasteiger partial charge in [0.15, 0.2) is 0 Å². The predicted molar refractivity (Wildman–Crippen MR) is 130 cm³/mol. The summed E-state index contributed by atoms with van der Waals surface area (Å²) in [4.78, 5) is 7.72. The second-order valence-corrected chi connectivity index (χ2v) is 9.55. The van der Waals surface area contributed by atoms with Gasteiger partial charge in [0.25, 0.3) is 0 Å². The summed E-state index contributed by atoms with van der Waals surface area (Å²) in [6, 6.07) is 9.58. The van der Waals surface area contributed by atoms with Crippen molar-refractivity contribution in [2.75, 3.05) is 0 Å². The van der Waals surface area contributed by atoms with Crippen molar-refractivity contribution in [1.82, 2.24) is 19.7 Å². The van der Waals surface area contributed by atoms with Gasteiger partial charge in [-0.2, -0.15) is 10.4 Å². The van der Waals surface area contributed by atoms with Crippen molar-refractivity contribution in [2.45, 2.75) is 45.3 Å². The summed E-state index contributed by atoms with van der Waals surface area (Å²) < 4.78 is 16.9. The number of fused-ring (bicyclic) bond motifs is 1. The normalized spacial score (nSPS) is 16.4. The summed E-state index contributed by atoms with van der Waals surface area (Å²) in [7, 11) is 0. The van der Waals surface area contributed by atoms with Crippen LogP contribution in [0.2, 0.25) is 0 Å². The molecule has 2 N–H and O–H groups in total. The van der Waals surface area contributed by atoms with Crippen LogP contribution < -0.4 is 0 Å². The molecule has 0 amide bonds. The lowest BCUT2D eigenvalue weighted by molar-refractivity contribution is 0.0577. The fraction of sp³-hybridized carbons (Fsp3) is 0.296. The first-order valence-electron chi connectivity index (χ1n) is 11.4. The Kier molecular flexibility index (Phi) is 5.54. The van der Waals surface area contributed by atoms with E-state index >= 15 is 4.39 Å². The molecule has 1 aromatic carbocycles. The number of nitrogens with zero attached hydrogens (tertiary/aromatic N) is 4. The Morgan fingerprint density at radius 3 is 2.79 bits per heavy atom. The Morgan fingerprint density at radius 2 is 2.09 bits per heavy atom. The molecule has 6 nitrogen and oxygen atoms in total. The van der Waals surface area contributed by atoms with Gasteiger partial charge in [0.1, 0.15) is 11.5 Å². The van der Waals surface area contributed by atoms with Crippen molar-refractivity contribution < 1.29 is 9.50 Å². The van der Waals surface area contributed by atoms with Crippen LogP contribution in [-0.2, 0) is 6.54 Å². The molecule has 7 heteroatoms. The summed E-state index contributed by atoms with van der Waals surface area (Å²) >= 11 is 0. The van der Waals surface area contributed by atoms with Crippen LogP contribution in [0.4, 0.5) is 4.39 Å². The van der Waals surface area contributed by atoms with Crippen molar-refractivity contribution in [3.63, 3.8) is 0 Å². The lowest BCUT2D eigenvalue weighted by Gasteiger charge is -2.20. The zero-order valence-electron chi connectivity index (χ0n) is 19.2. The molecule has 1 aliphatic carbocycles. The van der Waals surface area contributed by atoms with Gasteiger partial charge in [-0.3, -0.25) is 4.68 Å². The Labute approximate surface area is 197 Å². The summed E-state index contributed by atoms with van der Waals surface area (Å²) in [6.07, 6.45) is 11.5. The fourth-order valence-corrected chi connectivity index (χ4v) is 4.65. The van der Waals surface area contributed by atoms with Crippen LogP contribution in [0.15, 0.2) is 55.1 Å². The third kappa shape index (κ3) is 4.25. The number of nitriles is 1. The van der Waals surface area contributed by atoms with E-state index in [1.165, 1.54) is 5.57 Å².